The summed E-state index contributed by atoms with van der Waals surface area (Å²) in [5.41, 5.74) is 0. The molecule has 0 saturated heterocycles. The van der Waals surface area contributed by atoms with E-state index < -0.39 is 8.24 Å². The lowest BCUT2D eigenvalue weighted by atomic mass is 10.2. The zero-order valence-corrected chi connectivity index (χ0v) is 19.3. The summed E-state index contributed by atoms with van der Waals surface area (Å²) in [6.45, 7) is 15.9. The third-order valence-corrected chi connectivity index (χ3v) is 16.6. The monoisotopic (exact) mass is 356 g/mol. The molecule has 0 aliphatic rings. The Morgan fingerprint density at radius 2 is 1.04 bits per heavy atom. The van der Waals surface area contributed by atoms with Crippen LogP contribution in [0.5, 0.6) is 0 Å². The first-order valence-electron chi connectivity index (χ1n) is 10.8. The molecule has 0 fully saturated rings. The second-order valence-electron chi connectivity index (χ2n) is 7.22. The molecule has 0 rings (SSSR count). The van der Waals surface area contributed by atoms with Crippen molar-refractivity contribution in [1.82, 2.24) is 4.23 Å². The molecule has 0 aliphatic carbocycles. The molecule has 0 aromatic carbocycles. The number of hydrogen-bond donors (Lipinski definition) is 0. The van der Waals surface area contributed by atoms with E-state index in [-0.39, 0.29) is 8.96 Å². The zero-order chi connectivity index (χ0) is 17.6. The molecule has 1 radical (unpaired) electrons. The summed E-state index contributed by atoms with van der Waals surface area (Å²) < 4.78 is 3.15. The van der Waals surface area contributed by atoms with Crippen LogP contribution >= 0.6 is 0 Å². The fourth-order valence-corrected chi connectivity index (χ4v) is 14.8. The van der Waals surface area contributed by atoms with Gasteiger partial charge in [0.1, 0.15) is 17.2 Å². The van der Waals surface area contributed by atoms with Gasteiger partial charge in [0.05, 0.1) is 0 Å². The quantitative estimate of drug-likeness (QED) is 0.205. The average molecular weight is 357 g/mol. The van der Waals surface area contributed by atoms with Crippen LogP contribution in [0.15, 0.2) is 0 Å². The highest BCUT2D eigenvalue weighted by atomic mass is 28.4. The van der Waals surface area contributed by atoms with Gasteiger partial charge in [-0.3, -0.25) is 0 Å². The Hall–Kier alpha value is 0.394. The van der Waals surface area contributed by atoms with Gasteiger partial charge in [-0.1, -0.05) is 92.9 Å². The molecule has 139 valence electrons. The lowest BCUT2D eigenvalue weighted by Gasteiger charge is -2.45. The van der Waals surface area contributed by atoms with Gasteiger partial charge in [0, 0.05) is 0 Å². The number of nitrogens with zero attached hydrogens (tertiary/aromatic N) is 1. The van der Waals surface area contributed by atoms with Crippen molar-refractivity contribution in [2.24, 2.45) is 0 Å². The van der Waals surface area contributed by atoms with Crippen LogP contribution in [0.25, 0.3) is 0 Å². The van der Waals surface area contributed by atoms with Gasteiger partial charge in [-0.15, -0.1) is 0 Å². The van der Waals surface area contributed by atoms with E-state index in [4.69, 9.17) is 0 Å². The number of rotatable bonds is 16. The Morgan fingerprint density at radius 3 is 1.35 bits per heavy atom. The van der Waals surface area contributed by atoms with Crippen LogP contribution in [-0.2, 0) is 0 Å². The molecule has 0 bridgehead atoms. The smallest absolute Gasteiger partial charge is 0.129 e. The molecule has 0 saturated carbocycles. The molecular formula is C20H46NSi2. The van der Waals surface area contributed by atoms with Crippen LogP contribution in [0, 0.1) is 0 Å². The summed E-state index contributed by atoms with van der Waals surface area (Å²) in [7, 11) is -1.46. The van der Waals surface area contributed by atoms with Crippen LogP contribution in [0.4, 0.5) is 0 Å². The van der Waals surface area contributed by atoms with Gasteiger partial charge in [-0.2, -0.15) is 0 Å². The molecule has 0 atom stereocenters. The highest BCUT2D eigenvalue weighted by Crippen LogP contribution is 2.29. The maximum atomic E-state index is 3.15. The Labute approximate surface area is 151 Å². The molecular weight excluding hydrogens is 310 g/mol. The highest BCUT2D eigenvalue weighted by Gasteiger charge is 2.37. The Morgan fingerprint density at radius 1 is 0.609 bits per heavy atom. The van der Waals surface area contributed by atoms with Crippen LogP contribution in [0.2, 0.25) is 30.2 Å². The fraction of sp³-hybridized carbons (Fsp3) is 1.00. The lowest BCUT2D eigenvalue weighted by Crippen LogP contribution is -2.58. The third-order valence-electron chi connectivity index (χ3n) is 5.88. The predicted octanol–water partition coefficient (Wildman–Crippen LogP) is 7.47. The van der Waals surface area contributed by atoms with Crippen molar-refractivity contribution >= 4 is 17.2 Å². The van der Waals surface area contributed by atoms with Crippen molar-refractivity contribution in [2.45, 2.75) is 123 Å². The summed E-state index contributed by atoms with van der Waals surface area (Å²) in [6.07, 6.45) is 11.5. The van der Waals surface area contributed by atoms with Crippen LogP contribution < -0.4 is 0 Å². The first kappa shape index (κ1) is 23.4. The average Bonchev–Trinajstić information content (AvgIpc) is 2.59. The standard InChI is InChI=1S/C20H46NSi2/c1-7-13-15-17-19-22(20-18-16-14-8-2)21(9-3)23(10-4,11-5)12-6/h7-20H2,1-6H3. The molecule has 0 N–H and O–H groups in total. The highest BCUT2D eigenvalue weighted by molar-refractivity contribution is 6.85. The molecule has 3 heteroatoms. The van der Waals surface area contributed by atoms with E-state index in [0.29, 0.717) is 0 Å². The van der Waals surface area contributed by atoms with E-state index in [1.807, 2.05) is 0 Å². The number of unbranched alkanes of at least 4 members (excludes halogenated alkanes) is 6. The molecule has 0 spiro atoms. The summed E-state index contributed by atoms with van der Waals surface area (Å²) in [5.74, 6) is 0. The summed E-state index contributed by atoms with van der Waals surface area (Å²) in [4.78, 5) is 0. The minimum atomic E-state index is -1.17. The minimum absolute atomic E-state index is 0.292. The van der Waals surface area contributed by atoms with Crippen molar-refractivity contribution in [3.63, 3.8) is 0 Å². The van der Waals surface area contributed by atoms with Crippen molar-refractivity contribution in [1.29, 1.82) is 0 Å². The van der Waals surface area contributed by atoms with Gasteiger partial charge in [-0.25, -0.2) is 0 Å². The second kappa shape index (κ2) is 14.7. The van der Waals surface area contributed by atoms with Gasteiger partial charge in [-0.05, 0) is 36.8 Å². The molecule has 0 unspecified atom stereocenters. The van der Waals surface area contributed by atoms with Gasteiger partial charge in [0.2, 0.25) is 0 Å². The van der Waals surface area contributed by atoms with E-state index in [0.717, 1.165) is 0 Å². The molecule has 0 aliphatic heterocycles. The van der Waals surface area contributed by atoms with Gasteiger partial charge in [0.15, 0.2) is 0 Å². The molecule has 0 aromatic rings. The Kier molecular flexibility index (Phi) is 15.0. The first-order valence-corrected chi connectivity index (χ1v) is 15.2. The lowest BCUT2D eigenvalue weighted by molar-refractivity contribution is 0.604. The van der Waals surface area contributed by atoms with Gasteiger partial charge >= 0.3 is 0 Å². The van der Waals surface area contributed by atoms with Crippen molar-refractivity contribution in [3.05, 3.63) is 0 Å². The normalized spacial score (nSPS) is 12.5. The predicted molar refractivity (Wildman–Crippen MR) is 113 cm³/mol. The summed E-state index contributed by atoms with van der Waals surface area (Å²) >= 11 is 0. The summed E-state index contributed by atoms with van der Waals surface area (Å²) in [5, 5.41) is 0. The maximum Gasteiger partial charge on any atom is 0.129 e. The third kappa shape index (κ3) is 8.35. The van der Waals surface area contributed by atoms with Crippen molar-refractivity contribution < 1.29 is 0 Å². The van der Waals surface area contributed by atoms with E-state index >= 15 is 0 Å². The first-order chi connectivity index (χ1) is 11.2. The van der Waals surface area contributed by atoms with Crippen LogP contribution in [-0.4, -0.2) is 28.0 Å². The Balaban J connectivity index is 4.85. The second-order valence-corrected chi connectivity index (χ2v) is 15.4. The van der Waals surface area contributed by atoms with E-state index in [9.17, 15) is 0 Å². The minimum Gasteiger partial charge on any atom is -0.346 e. The van der Waals surface area contributed by atoms with Crippen molar-refractivity contribution in [2.75, 3.05) is 6.54 Å². The van der Waals surface area contributed by atoms with Crippen LogP contribution in [0.1, 0.15) is 92.9 Å². The SMILES string of the molecule is CCCCCC[Si](CCCCCC)N(CC)[Si](CC)(CC)CC. The maximum absolute atomic E-state index is 3.15. The topological polar surface area (TPSA) is 3.24 Å². The van der Waals surface area contributed by atoms with Gasteiger partial charge in [0.25, 0.3) is 0 Å². The Bertz CT molecular complexity index is 234. The number of hydrogen-bond acceptors (Lipinski definition) is 1. The largest absolute Gasteiger partial charge is 0.346 e. The van der Waals surface area contributed by atoms with E-state index in [1.165, 1.54) is 76.0 Å². The zero-order valence-electron chi connectivity index (χ0n) is 17.3. The van der Waals surface area contributed by atoms with Crippen LogP contribution in [0.3, 0.4) is 0 Å². The van der Waals surface area contributed by atoms with Crippen molar-refractivity contribution in [3.8, 4) is 0 Å². The summed E-state index contributed by atoms with van der Waals surface area (Å²) in [6, 6.07) is 7.50. The molecule has 0 heterocycles. The molecule has 1 nitrogen and oxygen atoms in total. The van der Waals surface area contributed by atoms with Gasteiger partial charge < -0.3 is 4.23 Å². The molecule has 0 amide bonds. The molecule has 23 heavy (non-hydrogen) atoms. The molecule has 0 aromatic heterocycles. The fourth-order valence-electron chi connectivity index (χ4n) is 4.12. The van der Waals surface area contributed by atoms with E-state index in [1.54, 1.807) is 12.1 Å². The van der Waals surface area contributed by atoms with E-state index in [2.05, 4.69) is 45.8 Å².